The van der Waals surface area contributed by atoms with Crippen molar-refractivity contribution in [3.05, 3.63) is 70.8 Å². The molecule has 130 valence electrons. The lowest BCUT2D eigenvalue weighted by Crippen LogP contribution is -2.30. The van der Waals surface area contributed by atoms with Crippen LogP contribution in [0.3, 0.4) is 0 Å². The van der Waals surface area contributed by atoms with Crippen molar-refractivity contribution in [3.8, 4) is 0 Å². The molecule has 2 N–H and O–H groups in total. The molecular weight excluding hydrogens is 314 g/mol. The second-order valence-electron chi connectivity index (χ2n) is 6.55. The van der Waals surface area contributed by atoms with Crippen molar-refractivity contribution in [2.45, 2.75) is 38.0 Å². The van der Waals surface area contributed by atoms with Gasteiger partial charge in [0.25, 0.3) is 0 Å². The van der Waals surface area contributed by atoms with Crippen molar-refractivity contribution in [1.29, 1.82) is 0 Å². The standard InChI is InChI=1S/C21H23NO3/c23-20(13-12-16-7-2-4-11-19(16)21(24)25)22-14-17-9-5-8-15-6-1-3-10-18(15)17/h1-4,6-7,10-11,17H,5,8-9,12-14H2,(H,22,23)(H,24,25). The van der Waals surface area contributed by atoms with E-state index < -0.39 is 5.97 Å². The number of aryl methyl sites for hydroxylation is 2. The van der Waals surface area contributed by atoms with Crippen LogP contribution in [0.5, 0.6) is 0 Å². The van der Waals surface area contributed by atoms with Gasteiger partial charge in [-0.15, -0.1) is 0 Å². The van der Waals surface area contributed by atoms with E-state index in [1.165, 1.54) is 11.1 Å². The van der Waals surface area contributed by atoms with Crippen LogP contribution < -0.4 is 5.32 Å². The number of nitrogens with one attached hydrogen (secondary N) is 1. The fourth-order valence-electron chi connectivity index (χ4n) is 3.59. The summed E-state index contributed by atoms with van der Waals surface area (Å²) in [6.07, 6.45) is 4.11. The highest BCUT2D eigenvalue weighted by atomic mass is 16.4. The number of aromatic carboxylic acids is 1. The smallest absolute Gasteiger partial charge is 0.335 e. The Morgan fingerprint density at radius 2 is 1.84 bits per heavy atom. The first-order valence-corrected chi connectivity index (χ1v) is 8.81. The number of hydrogen-bond acceptors (Lipinski definition) is 2. The Bertz CT molecular complexity index is 769. The Morgan fingerprint density at radius 3 is 2.68 bits per heavy atom. The first-order valence-electron chi connectivity index (χ1n) is 8.81. The molecule has 4 heteroatoms. The minimum absolute atomic E-state index is 0.0248. The second kappa shape index (κ2) is 7.97. The first kappa shape index (κ1) is 17.2. The molecule has 0 radical (unpaired) electrons. The minimum atomic E-state index is -0.949. The highest BCUT2D eigenvalue weighted by Gasteiger charge is 2.20. The molecule has 0 fully saturated rings. The molecule has 4 nitrogen and oxygen atoms in total. The van der Waals surface area contributed by atoms with Crippen molar-refractivity contribution in [3.63, 3.8) is 0 Å². The van der Waals surface area contributed by atoms with Gasteiger partial charge in [-0.1, -0.05) is 42.5 Å². The van der Waals surface area contributed by atoms with Gasteiger partial charge in [-0.25, -0.2) is 4.79 Å². The van der Waals surface area contributed by atoms with Gasteiger partial charge in [0, 0.05) is 18.9 Å². The quantitative estimate of drug-likeness (QED) is 0.847. The SMILES string of the molecule is O=C(CCc1ccccc1C(=O)O)NCC1CCCc2ccccc21. The molecule has 0 aliphatic heterocycles. The molecule has 1 aliphatic carbocycles. The number of amides is 1. The molecule has 0 aromatic heterocycles. The zero-order valence-corrected chi connectivity index (χ0v) is 14.2. The number of carboxylic acid groups (broad SMARTS) is 1. The number of fused-ring (bicyclic) bond motifs is 1. The van der Waals surface area contributed by atoms with Crippen LogP contribution in [0.1, 0.15) is 52.2 Å². The predicted octanol–water partition coefficient (Wildman–Crippen LogP) is 3.55. The average molecular weight is 337 g/mol. The van der Waals surface area contributed by atoms with Gasteiger partial charge in [-0.3, -0.25) is 4.79 Å². The third-order valence-electron chi connectivity index (χ3n) is 4.91. The van der Waals surface area contributed by atoms with Gasteiger partial charge in [0.15, 0.2) is 0 Å². The molecule has 1 unspecified atom stereocenters. The Hall–Kier alpha value is -2.62. The molecule has 0 saturated carbocycles. The molecule has 2 aromatic rings. The van der Waals surface area contributed by atoms with Crippen LogP contribution in [0.2, 0.25) is 0 Å². The van der Waals surface area contributed by atoms with Crippen molar-refractivity contribution < 1.29 is 14.7 Å². The van der Waals surface area contributed by atoms with Crippen LogP contribution in [-0.4, -0.2) is 23.5 Å². The van der Waals surface area contributed by atoms with E-state index in [4.69, 9.17) is 0 Å². The molecule has 3 rings (SSSR count). The van der Waals surface area contributed by atoms with Gasteiger partial charge < -0.3 is 10.4 Å². The third kappa shape index (κ3) is 4.27. The van der Waals surface area contributed by atoms with Crippen molar-refractivity contribution in [1.82, 2.24) is 5.32 Å². The van der Waals surface area contributed by atoms with Crippen LogP contribution in [0.15, 0.2) is 48.5 Å². The van der Waals surface area contributed by atoms with Crippen molar-refractivity contribution in [2.24, 2.45) is 0 Å². The lowest BCUT2D eigenvalue weighted by Gasteiger charge is -2.25. The van der Waals surface area contributed by atoms with Gasteiger partial charge in [0.05, 0.1) is 5.56 Å². The summed E-state index contributed by atoms with van der Waals surface area (Å²) >= 11 is 0. The fourth-order valence-corrected chi connectivity index (χ4v) is 3.59. The Balaban J connectivity index is 1.54. The summed E-state index contributed by atoms with van der Waals surface area (Å²) in [5, 5.41) is 12.2. The van der Waals surface area contributed by atoms with E-state index in [1.54, 1.807) is 24.3 Å². The summed E-state index contributed by atoms with van der Waals surface area (Å²) in [5.74, 6) is -0.599. The normalized spacial score (nSPS) is 16.1. The predicted molar refractivity (Wildman–Crippen MR) is 96.9 cm³/mol. The summed E-state index contributed by atoms with van der Waals surface area (Å²) in [7, 11) is 0. The van der Waals surface area contributed by atoms with Crippen LogP contribution in [-0.2, 0) is 17.6 Å². The molecule has 0 heterocycles. The molecule has 1 aliphatic rings. The molecular formula is C21H23NO3. The van der Waals surface area contributed by atoms with E-state index in [2.05, 4.69) is 29.6 Å². The van der Waals surface area contributed by atoms with E-state index in [9.17, 15) is 14.7 Å². The summed E-state index contributed by atoms with van der Waals surface area (Å²) in [4.78, 5) is 23.4. The lowest BCUT2D eigenvalue weighted by atomic mass is 9.83. The maximum absolute atomic E-state index is 12.2. The Morgan fingerprint density at radius 1 is 1.08 bits per heavy atom. The van der Waals surface area contributed by atoms with Crippen LogP contribution in [0.25, 0.3) is 0 Å². The summed E-state index contributed by atoms with van der Waals surface area (Å²) < 4.78 is 0. The van der Waals surface area contributed by atoms with E-state index in [-0.39, 0.29) is 11.5 Å². The van der Waals surface area contributed by atoms with Gasteiger partial charge in [0.1, 0.15) is 0 Å². The Kier molecular flexibility index (Phi) is 5.49. The number of rotatable bonds is 6. The first-order chi connectivity index (χ1) is 12.1. The maximum atomic E-state index is 12.2. The van der Waals surface area contributed by atoms with E-state index in [0.29, 0.717) is 30.9 Å². The summed E-state index contributed by atoms with van der Waals surface area (Å²) in [5.41, 5.74) is 3.72. The number of carbonyl (C=O) groups is 2. The molecule has 0 saturated heterocycles. The van der Waals surface area contributed by atoms with E-state index in [1.807, 2.05) is 0 Å². The van der Waals surface area contributed by atoms with Crippen molar-refractivity contribution in [2.75, 3.05) is 6.54 Å². The molecule has 1 atom stereocenters. The number of benzene rings is 2. The largest absolute Gasteiger partial charge is 0.478 e. The molecule has 0 spiro atoms. The summed E-state index contributed by atoms with van der Waals surface area (Å²) in [6.45, 7) is 0.649. The molecule has 0 bridgehead atoms. The topological polar surface area (TPSA) is 66.4 Å². The van der Waals surface area contributed by atoms with Crippen LogP contribution in [0.4, 0.5) is 0 Å². The maximum Gasteiger partial charge on any atom is 0.335 e. The highest BCUT2D eigenvalue weighted by Crippen LogP contribution is 2.30. The van der Waals surface area contributed by atoms with Gasteiger partial charge in [-0.05, 0) is 48.4 Å². The van der Waals surface area contributed by atoms with E-state index in [0.717, 1.165) is 19.3 Å². The third-order valence-corrected chi connectivity index (χ3v) is 4.91. The highest BCUT2D eigenvalue weighted by molar-refractivity contribution is 5.89. The molecule has 25 heavy (non-hydrogen) atoms. The average Bonchev–Trinajstić information content (AvgIpc) is 2.64. The molecule has 2 aromatic carbocycles. The number of hydrogen-bond donors (Lipinski definition) is 2. The van der Waals surface area contributed by atoms with Crippen LogP contribution in [0, 0.1) is 0 Å². The lowest BCUT2D eigenvalue weighted by molar-refractivity contribution is -0.121. The second-order valence-corrected chi connectivity index (χ2v) is 6.55. The van der Waals surface area contributed by atoms with Crippen molar-refractivity contribution >= 4 is 11.9 Å². The monoisotopic (exact) mass is 337 g/mol. The van der Waals surface area contributed by atoms with Gasteiger partial charge in [-0.2, -0.15) is 0 Å². The fraction of sp³-hybridized carbons (Fsp3) is 0.333. The Labute approximate surface area is 147 Å². The zero-order chi connectivity index (χ0) is 17.6. The number of carbonyl (C=O) groups excluding carboxylic acids is 1. The van der Waals surface area contributed by atoms with E-state index >= 15 is 0 Å². The zero-order valence-electron chi connectivity index (χ0n) is 14.2. The van der Waals surface area contributed by atoms with Gasteiger partial charge in [0.2, 0.25) is 5.91 Å². The summed E-state index contributed by atoms with van der Waals surface area (Å²) in [6, 6.07) is 15.3. The number of carboxylic acids is 1. The molecule has 1 amide bonds. The van der Waals surface area contributed by atoms with Crippen LogP contribution >= 0.6 is 0 Å². The minimum Gasteiger partial charge on any atom is -0.478 e. The van der Waals surface area contributed by atoms with Gasteiger partial charge >= 0.3 is 5.97 Å².